The fourth-order valence-corrected chi connectivity index (χ4v) is 2.63. The Labute approximate surface area is 104 Å². The molecule has 1 atom stereocenters. The van der Waals surface area contributed by atoms with E-state index in [1.165, 1.54) is 45.2 Å². The highest BCUT2D eigenvalue weighted by atomic mass is 79.9. The predicted octanol–water partition coefficient (Wildman–Crippen LogP) is 4.06. The lowest BCUT2D eigenvalue weighted by Crippen LogP contribution is -2.32. The minimum absolute atomic E-state index is 0.489. The highest BCUT2D eigenvalue weighted by Crippen LogP contribution is 2.25. The molecule has 1 aliphatic rings. The van der Waals surface area contributed by atoms with Crippen molar-refractivity contribution in [1.82, 2.24) is 4.90 Å². The summed E-state index contributed by atoms with van der Waals surface area (Å²) in [5.74, 6) is 0. The summed E-state index contributed by atoms with van der Waals surface area (Å²) in [5.41, 5.74) is 0.489. The van der Waals surface area contributed by atoms with E-state index in [9.17, 15) is 0 Å². The van der Waals surface area contributed by atoms with Crippen LogP contribution in [0.2, 0.25) is 0 Å². The van der Waals surface area contributed by atoms with E-state index >= 15 is 0 Å². The van der Waals surface area contributed by atoms with Gasteiger partial charge in [0.05, 0.1) is 0 Å². The molecule has 0 amide bonds. The van der Waals surface area contributed by atoms with Crippen LogP contribution in [0.15, 0.2) is 0 Å². The molecule has 1 unspecified atom stereocenters. The van der Waals surface area contributed by atoms with Crippen molar-refractivity contribution in [2.24, 2.45) is 5.41 Å². The molecular formula is C13H26BrN. The lowest BCUT2D eigenvalue weighted by molar-refractivity contribution is 0.205. The van der Waals surface area contributed by atoms with Gasteiger partial charge in [0.25, 0.3) is 0 Å². The Morgan fingerprint density at radius 3 is 2.67 bits per heavy atom. The molecule has 0 radical (unpaired) electrons. The van der Waals surface area contributed by atoms with Gasteiger partial charge in [-0.05, 0) is 50.6 Å². The summed E-state index contributed by atoms with van der Waals surface area (Å²) < 4.78 is 0. The number of rotatable bonds is 5. The molecule has 0 aromatic heterocycles. The van der Waals surface area contributed by atoms with E-state index < -0.39 is 0 Å². The van der Waals surface area contributed by atoms with Crippen LogP contribution in [-0.2, 0) is 0 Å². The van der Waals surface area contributed by atoms with Crippen LogP contribution < -0.4 is 0 Å². The second-order valence-electron chi connectivity index (χ2n) is 5.97. The first-order valence-corrected chi connectivity index (χ1v) is 7.45. The molecule has 1 rings (SSSR count). The number of hydrogen-bond acceptors (Lipinski definition) is 1. The van der Waals surface area contributed by atoms with Gasteiger partial charge in [-0.25, -0.2) is 0 Å². The third-order valence-electron chi connectivity index (χ3n) is 3.32. The molecule has 1 saturated heterocycles. The summed E-state index contributed by atoms with van der Waals surface area (Å²) in [6.45, 7) is 9.67. The number of nitrogens with zero attached hydrogens (tertiary/aromatic N) is 1. The Hall–Kier alpha value is 0.440. The van der Waals surface area contributed by atoms with Crippen LogP contribution in [0.1, 0.15) is 52.9 Å². The van der Waals surface area contributed by atoms with Crippen molar-refractivity contribution in [1.29, 1.82) is 0 Å². The smallest absolute Gasteiger partial charge is 0.00960 e. The maximum Gasteiger partial charge on any atom is 0.00960 e. The van der Waals surface area contributed by atoms with Crippen molar-refractivity contribution in [3.8, 4) is 0 Å². The van der Waals surface area contributed by atoms with Crippen molar-refractivity contribution in [3.05, 3.63) is 0 Å². The SMILES string of the molecule is CC(C)(C)CCN1CCCC1CCCBr. The Bertz CT molecular complexity index is 174. The van der Waals surface area contributed by atoms with Gasteiger partial charge < -0.3 is 4.90 Å². The second-order valence-corrected chi connectivity index (χ2v) is 6.77. The average Bonchev–Trinajstić information content (AvgIpc) is 2.57. The molecule has 90 valence electrons. The summed E-state index contributed by atoms with van der Waals surface area (Å²) >= 11 is 3.53. The maximum atomic E-state index is 3.53. The lowest BCUT2D eigenvalue weighted by Gasteiger charge is -2.28. The van der Waals surface area contributed by atoms with Gasteiger partial charge in [-0.1, -0.05) is 36.7 Å². The highest BCUT2D eigenvalue weighted by molar-refractivity contribution is 9.09. The Morgan fingerprint density at radius 2 is 2.07 bits per heavy atom. The zero-order valence-electron chi connectivity index (χ0n) is 10.6. The standard InChI is InChI=1S/C13H26BrN/c1-13(2,3)8-11-15-10-5-7-12(15)6-4-9-14/h12H,4-11H2,1-3H3. The molecule has 1 heterocycles. The van der Waals surface area contributed by atoms with E-state index in [1.54, 1.807) is 0 Å². The summed E-state index contributed by atoms with van der Waals surface area (Å²) in [6.07, 6.45) is 6.89. The molecule has 1 nitrogen and oxygen atoms in total. The van der Waals surface area contributed by atoms with Crippen molar-refractivity contribution in [2.45, 2.75) is 58.9 Å². The number of hydrogen-bond donors (Lipinski definition) is 0. The van der Waals surface area contributed by atoms with Gasteiger partial charge in [-0.3, -0.25) is 0 Å². The summed E-state index contributed by atoms with van der Waals surface area (Å²) in [6, 6.07) is 0.880. The topological polar surface area (TPSA) is 3.24 Å². The van der Waals surface area contributed by atoms with Crippen molar-refractivity contribution in [2.75, 3.05) is 18.4 Å². The third kappa shape index (κ3) is 5.35. The van der Waals surface area contributed by atoms with Gasteiger partial charge in [-0.2, -0.15) is 0 Å². The molecular weight excluding hydrogens is 250 g/mol. The fourth-order valence-electron chi connectivity index (χ4n) is 2.31. The molecule has 1 fully saturated rings. The molecule has 1 aliphatic heterocycles. The van der Waals surface area contributed by atoms with Crippen LogP contribution in [0, 0.1) is 5.41 Å². The minimum atomic E-state index is 0.489. The van der Waals surface area contributed by atoms with E-state index in [-0.39, 0.29) is 0 Å². The molecule has 0 aromatic rings. The molecule has 0 N–H and O–H groups in total. The second kappa shape index (κ2) is 6.24. The van der Waals surface area contributed by atoms with Crippen LogP contribution in [0.3, 0.4) is 0 Å². The molecule has 15 heavy (non-hydrogen) atoms. The van der Waals surface area contributed by atoms with E-state index in [0.29, 0.717) is 5.41 Å². The Balaban J connectivity index is 2.27. The molecule has 0 aromatic carbocycles. The molecule has 0 bridgehead atoms. The molecule has 2 heteroatoms. The number of likely N-dealkylation sites (tertiary alicyclic amines) is 1. The normalized spacial score (nSPS) is 23.6. The van der Waals surface area contributed by atoms with Crippen molar-refractivity contribution in [3.63, 3.8) is 0 Å². The van der Waals surface area contributed by atoms with Gasteiger partial charge in [0, 0.05) is 11.4 Å². The third-order valence-corrected chi connectivity index (χ3v) is 3.88. The first-order valence-electron chi connectivity index (χ1n) is 6.33. The number of alkyl halides is 1. The van der Waals surface area contributed by atoms with Crippen LogP contribution >= 0.6 is 15.9 Å². The summed E-state index contributed by atoms with van der Waals surface area (Å²) in [5, 5.41) is 1.16. The largest absolute Gasteiger partial charge is 0.300 e. The van der Waals surface area contributed by atoms with E-state index in [2.05, 4.69) is 41.6 Å². The first kappa shape index (κ1) is 13.5. The van der Waals surface area contributed by atoms with Gasteiger partial charge in [0.1, 0.15) is 0 Å². The van der Waals surface area contributed by atoms with E-state index in [1.807, 2.05) is 0 Å². The highest BCUT2D eigenvalue weighted by Gasteiger charge is 2.24. The van der Waals surface area contributed by atoms with Crippen LogP contribution in [0.25, 0.3) is 0 Å². The zero-order valence-corrected chi connectivity index (χ0v) is 12.1. The average molecular weight is 276 g/mol. The minimum Gasteiger partial charge on any atom is -0.300 e. The Morgan fingerprint density at radius 1 is 1.33 bits per heavy atom. The summed E-state index contributed by atoms with van der Waals surface area (Å²) in [7, 11) is 0. The first-order chi connectivity index (χ1) is 7.03. The molecule has 0 saturated carbocycles. The molecule has 0 spiro atoms. The number of halogens is 1. The zero-order chi connectivity index (χ0) is 11.3. The van der Waals surface area contributed by atoms with Gasteiger partial charge in [0.2, 0.25) is 0 Å². The van der Waals surface area contributed by atoms with Crippen LogP contribution in [-0.4, -0.2) is 29.4 Å². The summed E-state index contributed by atoms with van der Waals surface area (Å²) in [4.78, 5) is 2.72. The van der Waals surface area contributed by atoms with Crippen molar-refractivity contribution < 1.29 is 0 Å². The molecule has 0 aliphatic carbocycles. The fraction of sp³-hybridized carbons (Fsp3) is 1.00. The van der Waals surface area contributed by atoms with E-state index in [4.69, 9.17) is 0 Å². The van der Waals surface area contributed by atoms with Gasteiger partial charge >= 0.3 is 0 Å². The van der Waals surface area contributed by atoms with Crippen LogP contribution in [0.4, 0.5) is 0 Å². The van der Waals surface area contributed by atoms with Gasteiger partial charge in [-0.15, -0.1) is 0 Å². The van der Waals surface area contributed by atoms with Crippen LogP contribution in [0.5, 0.6) is 0 Å². The van der Waals surface area contributed by atoms with Crippen molar-refractivity contribution >= 4 is 15.9 Å². The Kier molecular flexibility index (Phi) is 5.62. The predicted molar refractivity (Wildman–Crippen MR) is 71.7 cm³/mol. The maximum absolute atomic E-state index is 3.53. The lowest BCUT2D eigenvalue weighted by atomic mass is 9.92. The quantitative estimate of drug-likeness (QED) is 0.684. The monoisotopic (exact) mass is 275 g/mol. The van der Waals surface area contributed by atoms with E-state index in [0.717, 1.165) is 11.4 Å². The van der Waals surface area contributed by atoms with Gasteiger partial charge in [0.15, 0.2) is 0 Å².